The van der Waals surface area contributed by atoms with Gasteiger partial charge in [-0.2, -0.15) is 0 Å². The second kappa shape index (κ2) is 7.38. The fourth-order valence-electron chi connectivity index (χ4n) is 0.561. The third-order valence-corrected chi connectivity index (χ3v) is 1.49. The molecule has 0 saturated carbocycles. The molecule has 0 radical (unpaired) electrons. The van der Waals surface area contributed by atoms with E-state index in [4.69, 9.17) is 23.2 Å². The number of hydrogen-bond acceptors (Lipinski definition) is 1. The normalized spacial score (nSPS) is 14.3. The summed E-state index contributed by atoms with van der Waals surface area (Å²) in [6.45, 7) is 3.82. The summed E-state index contributed by atoms with van der Waals surface area (Å²) in [5, 5.41) is 1.21. The fourth-order valence-corrected chi connectivity index (χ4v) is 0.783. The molecule has 0 aliphatic carbocycles. The van der Waals surface area contributed by atoms with Crippen molar-refractivity contribution in [3.8, 4) is 0 Å². The molecule has 0 atom stereocenters. The van der Waals surface area contributed by atoms with Crippen molar-refractivity contribution in [1.82, 2.24) is 0 Å². The minimum absolute atomic E-state index is 0.506. The number of halogens is 2. The van der Waals surface area contributed by atoms with Gasteiger partial charge in [0.15, 0.2) is 0 Å². The Bertz CT molecular complexity index is 201. The van der Waals surface area contributed by atoms with Gasteiger partial charge in [0.25, 0.3) is 0 Å². The molecule has 1 nitrogen and oxygen atoms in total. The molecule has 0 aromatic rings. The maximum Gasteiger partial charge on any atom is 0.103 e. The summed E-state index contributed by atoms with van der Waals surface area (Å²) >= 11 is 11.3. The summed E-state index contributed by atoms with van der Waals surface area (Å²) in [4.78, 5) is 3.85. The first-order chi connectivity index (χ1) is 5.66. The highest BCUT2D eigenvalue weighted by molar-refractivity contribution is 6.64. The van der Waals surface area contributed by atoms with E-state index >= 15 is 0 Å². The average Bonchev–Trinajstić information content (AvgIpc) is 2.00. The molecule has 0 heterocycles. The van der Waals surface area contributed by atoms with Crippen molar-refractivity contribution in [3.05, 3.63) is 23.4 Å². The van der Waals surface area contributed by atoms with Crippen LogP contribution in [0.4, 0.5) is 0 Å². The molecule has 3 heteroatoms. The molecule has 0 bridgehead atoms. The number of allylic oxidation sites excluding steroid dienone is 3. The first-order valence-electron chi connectivity index (χ1n) is 3.89. The lowest BCUT2D eigenvalue weighted by atomic mass is 10.3. The Morgan fingerprint density at radius 1 is 1.42 bits per heavy atom. The number of unbranched alkanes of at least 4 members (excludes halogenated alkanes) is 1. The highest BCUT2D eigenvalue weighted by atomic mass is 35.5. The smallest absolute Gasteiger partial charge is 0.103 e. The van der Waals surface area contributed by atoms with Gasteiger partial charge in [0.05, 0.1) is 0 Å². The molecule has 12 heavy (non-hydrogen) atoms. The van der Waals surface area contributed by atoms with E-state index in [0.29, 0.717) is 10.2 Å². The van der Waals surface area contributed by atoms with Crippen molar-refractivity contribution in [2.45, 2.75) is 26.7 Å². The van der Waals surface area contributed by atoms with E-state index in [9.17, 15) is 0 Å². The molecular weight excluding hydrogens is 193 g/mol. The Labute approximate surface area is 83.8 Å². The number of hydrogen-bond donors (Lipinski definition) is 0. The molecule has 0 rings (SSSR count). The van der Waals surface area contributed by atoms with Crippen molar-refractivity contribution < 1.29 is 0 Å². The molecule has 0 spiro atoms. The molecule has 0 amide bonds. The molecule has 0 fully saturated rings. The zero-order valence-electron chi connectivity index (χ0n) is 7.35. The Balaban J connectivity index is 3.90. The van der Waals surface area contributed by atoms with Crippen molar-refractivity contribution in [3.63, 3.8) is 0 Å². The lowest BCUT2D eigenvalue weighted by Crippen LogP contribution is -1.71. The number of nitrogens with zero attached hydrogens (tertiary/aromatic N) is 1. The number of aliphatic imine (C=N–C) groups is 1. The van der Waals surface area contributed by atoms with Gasteiger partial charge in [-0.05, 0) is 19.4 Å². The summed E-state index contributed by atoms with van der Waals surface area (Å²) < 4.78 is 0. The van der Waals surface area contributed by atoms with Gasteiger partial charge in [-0.1, -0.05) is 42.6 Å². The van der Waals surface area contributed by atoms with Crippen LogP contribution in [0.2, 0.25) is 0 Å². The third-order valence-electron chi connectivity index (χ3n) is 1.11. The second-order valence-corrected chi connectivity index (χ2v) is 3.30. The van der Waals surface area contributed by atoms with E-state index in [1.807, 2.05) is 6.08 Å². The van der Waals surface area contributed by atoms with Crippen LogP contribution in [-0.2, 0) is 0 Å². The van der Waals surface area contributed by atoms with Crippen LogP contribution in [0.15, 0.2) is 28.4 Å². The lowest BCUT2D eigenvalue weighted by Gasteiger charge is -1.87. The van der Waals surface area contributed by atoms with Crippen molar-refractivity contribution >= 4 is 28.4 Å². The Morgan fingerprint density at radius 2 is 2.08 bits per heavy atom. The quantitative estimate of drug-likeness (QED) is 0.485. The van der Waals surface area contributed by atoms with Gasteiger partial charge < -0.3 is 0 Å². The standard InChI is InChI=1S/C9H13Cl2N/c1-3-4-5-9(11)6-7-12-8(2)10/h5-7H,3-4H2,1-2H3/b7-6-,9-5-,12-8?. The van der Waals surface area contributed by atoms with E-state index in [1.54, 1.807) is 19.2 Å². The van der Waals surface area contributed by atoms with Gasteiger partial charge in [0.2, 0.25) is 0 Å². The Kier molecular flexibility index (Phi) is 7.22. The monoisotopic (exact) mass is 205 g/mol. The molecule has 0 aromatic heterocycles. The van der Waals surface area contributed by atoms with Crippen molar-refractivity contribution in [2.75, 3.05) is 0 Å². The van der Waals surface area contributed by atoms with Gasteiger partial charge in [-0.3, -0.25) is 0 Å². The van der Waals surface area contributed by atoms with E-state index in [0.717, 1.165) is 12.8 Å². The van der Waals surface area contributed by atoms with Crippen LogP contribution in [0.3, 0.4) is 0 Å². The van der Waals surface area contributed by atoms with Crippen molar-refractivity contribution in [2.24, 2.45) is 4.99 Å². The maximum absolute atomic E-state index is 5.81. The highest BCUT2D eigenvalue weighted by Crippen LogP contribution is 2.05. The largest absolute Gasteiger partial charge is 0.249 e. The molecule has 0 saturated heterocycles. The molecular formula is C9H13Cl2N. The summed E-state index contributed by atoms with van der Waals surface area (Å²) in [6.07, 6.45) is 7.37. The SMILES string of the molecule is CCC/C=C(Cl)/C=C\N=C(C)Cl. The zero-order chi connectivity index (χ0) is 9.40. The van der Waals surface area contributed by atoms with Crippen molar-refractivity contribution in [1.29, 1.82) is 0 Å². The van der Waals surface area contributed by atoms with E-state index in [-0.39, 0.29) is 0 Å². The van der Waals surface area contributed by atoms with Gasteiger partial charge in [0, 0.05) is 11.2 Å². The molecule has 0 aliphatic rings. The van der Waals surface area contributed by atoms with Crippen LogP contribution in [-0.4, -0.2) is 5.17 Å². The summed E-state index contributed by atoms with van der Waals surface area (Å²) in [5.41, 5.74) is 0. The second-order valence-electron chi connectivity index (χ2n) is 2.32. The summed E-state index contributed by atoms with van der Waals surface area (Å²) in [5.74, 6) is 0. The fraction of sp³-hybridized carbons (Fsp3) is 0.444. The molecule has 0 aliphatic heterocycles. The lowest BCUT2D eigenvalue weighted by molar-refractivity contribution is 0.957. The average molecular weight is 206 g/mol. The summed E-state index contributed by atoms with van der Waals surface area (Å²) in [6, 6.07) is 0. The van der Waals surface area contributed by atoms with E-state index in [2.05, 4.69) is 11.9 Å². The molecule has 68 valence electrons. The van der Waals surface area contributed by atoms with Crippen LogP contribution in [0.1, 0.15) is 26.7 Å². The topological polar surface area (TPSA) is 12.4 Å². The van der Waals surface area contributed by atoms with E-state index < -0.39 is 0 Å². The van der Waals surface area contributed by atoms with Gasteiger partial charge in [0.1, 0.15) is 5.17 Å². The van der Waals surface area contributed by atoms with Gasteiger partial charge >= 0.3 is 0 Å². The zero-order valence-corrected chi connectivity index (χ0v) is 8.86. The van der Waals surface area contributed by atoms with E-state index in [1.165, 1.54) is 0 Å². The highest BCUT2D eigenvalue weighted by Gasteiger charge is 1.82. The minimum atomic E-state index is 0.506. The molecule has 0 N–H and O–H groups in total. The van der Waals surface area contributed by atoms with Crippen LogP contribution < -0.4 is 0 Å². The van der Waals surface area contributed by atoms with Crippen LogP contribution in [0.5, 0.6) is 0 Å². The minimum Gasteiger partial charge on any atom is -0.249 e. The van der Waals surface area contributed by atoms with Crippen LogP contribution >= 0.6 is 23.2 Å². The first kappa shape index (κ1) is 11.7. The van der Waals surface area contributed by atoms with Gasteiger partial charge in [-0.25, -0.2) is 4.99 Å². The maximum atomic E-state index is 5.81. The van der Waals surface area contributed by atoms with Gasteiger partial charge in [-0.15, -0.1) is 0 Å². The predicted octanol–water partition coefficient (Wildman–Crippen LogP) is 4.08. The number of rotatable bonds is 4. The Hall–Kier alpha value is -0.270. The summed E-state index contributed by atoms with van der Waals surface area (Å²) in [7, 11) is 0. The Morgan fingerprint density at radius 3 is 2.58 bits per heavy atom. The first-order valence-corrected chi connectivity index (χ1v) is 4.64. The molecule has 0 aromatic carbocycles. The van der Waals surface area contributed by atoms with Crippen LogP contribution in [0.25, 0.3) is 0 Å². The van der Waals surface area contributed by atoms with Crippen LogP contribution in [0, 0.1) is 0 Å². The molecule has 0 unspecified atom stereocenters. The predicted molar refractivity (Wildman–Crippen MR) is 56.9 cm³/mol. The third kappa shape index (κ3) is 7.83.